The highest BCUT2D eigenvalue weighted by molar-refractivity contribution is 6.30. The Morgan fingerprint density at radius 1 is 1.57 bits per heavy atom. The Morgan fingerprint density at radius 2 is 2.36 bits per heavy atom. The largest absolute Gasteiger partial charge is 0.492 e. The lowest BCUT2D eigenvalue weighted by Crippen LogP contribution is -2.27. The average molecular weight is 211 g/mol. The van der Waals surface area contributed by atoms with E-state index in [2.05, 4.69) is 0 Å². The monoisotopic (exact) mass is 210 g/mol. The van der Waals surface area contributed by atoms with Crippen molar-refractivity contribution in [3.05, 3.63) is 29.3 Å². The van der Waals surface area contributed by atoms with E-state index in [9.17, 15) is 0 Å². The maximum Gasteiger partial charge on any atom is 0.120 e. The van der Waals surface area contributed by atoms with Gasteiger partial charge in [0.25, 0.3) is 0 Å². The van der Waals surface area contributed by atoms with Crippen LogP contribution >= 0.6 is 11.6 Å². The zero-order valence-electron chi connectivity index (χ0n) is 7.61. The van der Waals surface area contributed by atoms with Gasteiger partial charge in [-0.3, -0.25) is 0 Å². The minimum Gasteiger partial charge on any atom is -0.492 e. The number of nitriles is 1. The molecule has 0 aliphatic rings. The van der Waals surface area contributed by atoms with Gasteiger partial charge in [-0.15, -0.1) is 0 Å². The predicted molar refractivity (Wildman–Crippen MR) is 55.2 cm³/mol. The topological polar surface area (TPSA) is 59.0 Å². The molecule has 0 aliphatic heterocycles. The number of hydrogen-bond acceptors (Lipinski definition) is 3. The molecule has 0 heterocycles. The Morgan fingerprint density at radius 3 is 3.00 bits per heavy atom. The van der Waals surface area contributed by atoms with Gasteiger partial charge in [-0.25, -0.2) is 0 Å². The molecule has 3 nitrogen and oxygen atoms in total. The highest BCUT2D eigenvalue weighted by atomic mass is 35.5. The zero-order chi connectivity index (χ0) is 10.4. The first-order valence-corrected chi connectivity index (χ1v) is 4.61. The number of rotatable bonds is 4. The summed E-state index contributed by atoms with van der Waals surface area (Å²) < 4.78 is 5.34. The Balaban J connectivity index is 2.42. The molecule has 0 saturated heterocycles. The van der Waals surface area contributed by atoms with Crippen LogP contribution in [-0.4, -0.2) is 12.6 Å². The minimum absolute atomic E-state index is 0.251. The molecule has 1 rings (SSSR count). The van der Waals surface area contributed by atoms with Crippen LogP contribution in [0.2, 0.25) is 5.02 Å². The second-order valence-electron chi connectivity index (χ2n) is 2.89. The van der Waals surface area contributed by atoms with Crippen molar-refractivity contribution < 1.29 is 4.74 Å². The van der Waals surface area contributed by atoms with Crippen molar-refractivity contribution in [2.75, 3.05) is 6.61 Å². The molecule has 2 N–H and O–H groups in total. The third-order valence-corrected chi connectivity index (χ3v) is 1.85. The third kappa shape index (κ3) is 3.65. The molecule has 1 atom stereocenters. The summed E-state index contributed by atoms with van der Waals surface area (Å²) in [5.74, 6) is 0.672. The van der Waals surface area contributed by atoms with Crippen LogP contribution in [0.15, 0.2) is 24.3 Å². The lowest BCUT2D eigenvalue weighted by molar-refractivity contribution is 0.290. The minimum atomic E-state index is -0.251. The van der Waals surface area contributed by atoms with Gasteiger partial charge in [0.15, 0.2) is 0 Å². The number of nitrogens with zero attached hydrogens (tertiary/aromatic N) is 1. The van der Waals surface area contributed by atoms with Crippen LogP contribution in [0.25, 0.3) is 0 Å². The van der Waals surface area contributed by atoms with E-state index in [1.807, 2.05) is 6.07 Å². The summed E-state index contributed by atoms with van der Waals surface area (Å²) in [5, 5.41) is 8.99. The second-order valence-corrected chi connectivity index (χ2v) is 3.33. The van der Waals surface area contributed by atoms with E-state index >= 15 is 0 Å². The van der Waals surface area contributed by atoms with E-state index in [1.54, 1.807) is 24.3 Å². The Kier molecular flexibility index (Phi) is 4.24. The molecule has 0 saturated carbocycles. The maximum atomic E-state index is 8.37. The van der Waals surface area contributed by atoms with E-state index in [0.717, 1.165) is 0 Å². The van der Waals surface area contributed by atoms with Crippen molar-refractivity contribution in [1.29, 1.82) is 5.26 Å². The molecular formula is C10H11ClN2O. The fraction of sp³-hybridized carbons (Fsp3) is 0.300. The Labute approximate surface area is 88.0 Å². The number of ether oxygens (including phenoxy) is 1. The van der Waals surface area contributed by atoms with E-state index in [0.29, 0.717) is 23.8 Å². The normalized spacial score (nSPS) is 11.8. The van der Waals surface area contributed by atoms with Crippen LogP contribution in [0.1, 0.15) is 6.42 Å². The van der Waals surface area contributed by atoms with Crippen LogP contribution < -0.4 is 10.5 Å². The fourth-order valence-corrected chi connectivity index (χ4v) is 1.12. The van der Waals surface area contributed by atoms with Gasteiger partial charge >= 0.3 is 0 Å². The van der Waals surface area contributed by atoms with Crippen LogP contribution in [0.5, 0.6) is 5.75 Å². The molecule has 14 heavy (non-hydrogen) atoms. The number of nitrogens with two attached hydrogens (primary N) is 1. The quantitative estimate of drug-likeness (QED) is 0.827. The molecule has 0 amide bonds. The molecule has 0 bridgehead atoms. The van der Waals surface area contributed by atoms with Gasteiger partial charge in [0.1, 0.15) is 12.4 Å². The number of hydrogen-bond donors (Lipinski definition) is 1. The molecule has 74 valence electrons. The van der Waals surface area contributed by atoms with Crippen molar-refractivity contribution in [1.82, 2.24) is 0 Å². The summed E-state index contributed by atoms with van der Waals surface area (Å²) in [4.78, 5) is 0. The lowest BCUT2D eigenvalue weighted by Gasteiger charge is -2.09. The fourth-order valence-electron chi connectivity index (χ4n) is 0.936. The summed E-state index contributed by atoms with van der Waals surface area (Å²) in [6.07, 6.45) is 0.292. The van der Waals surface area contributed by atoms with Crippen molar-refractivity contribution >= 4 is 11.6 Å². The van der Waals surface area contributed by atoms with Crippen LogP contribution in [0.3, 0.4) is 0 Å². The summed E-state index contributed by atoms with van der Waals surface area (Å²) in [5.41, 5.74) is 5.59. The lowest BCUT2D eigenvalue weighted by atomic mass is 10.2. The molecular weight excluding hydrogens is 200 g/mol. The number of benzene rings is 1. The molecule has 4 heteroatoms. The van der Waals surface area contributed by atoms with Gasteiger partial charge in [-0.05, 0) is 18.2 Å². The molecule has 0 fully saturated rings. The molecule has 0 spiro atoms. The van der Waals surface area contributed by atoms with Gasteiger partial charge in [0.2, 0.25) is 0 Å². The van der Waals surface area contributed by atoms with Crippen LogP contribution in [-0.2, 0) is 0 Å². The smallest absolute Gasteiger partial charge is 0.120 e. The second kappa shape index (κ2) is 5.48. The number of halogens is 1. The van der Waals surface area contributed by atoms with Crippen molar-refractivity contribution in [2.24, 2.45) is 5.73 Å². The van der Waals surface area contributed by atoms with Gasteiger partial charge in [0, 0.05) is 5.02 Å². The first-order chi connectivity index (χ1) is 6.72. The highest BCUT2D eigenvalue weighted by Crippen LogP contribution is 2.17. The third-order valence-electron chi connectivity index (χ3n) is 1.61. The van der Waals surface area contributed by atoms with Gasteiger partial charge < -0.3 is 10.5 Å². The molecule has 1 aromatic rings. The van der Waals surface area contributed by atoms with Crippen molar-refractivity contribution in [2.45, 2.75) is 12.5 Å². The summed E-state index contributed by atoms with van der Waals surface area (Å²) >= 11 is 5.76. The first-order valence-electron chi connectivity index (χ1n) is 4.23. The molecule has 1 aromatic carbocycles. The maximum absolute atomic E-state index is 8.37. The van der Waals surface area contributed by atoms with Gasteiger partial charge in [-0.2, -0.15) is 5.26 Å². The summed E-state index contributed by atoms with van der Waals surface area (Å²) in [6.45, 7) is 0.327. The van der Waals surface area contributed by atoms with Crippen molar-refractivity contribution in [3.8, 4) is 11.8 Å². The standard InChI is InChI=1S/C10H11ClN2O/c11-8-2-1-3-10(6-8)14-7-9(13)4-5-12/h1-3,6,9H,4,7,13H2. The van der Waals surface area contributed by atoms with Crippen LogP contribution in [0.4, 0.5) is 0 Å². The molecule has 1 unspecified atom stereocenters. The van der Waals surface area contributed by atoms with E-state index in [4.69, 9.17) is 27.3 Å². The Hall–Kier alpha value is -1.24. The Bertz CT molecular complexity index is 335. The molecule has 0 aliphatic carbocycles. The zero-order valence-corrected chi connectivity index (χ0v) is 8.37. The molecule has 0 radical (unpaired) electrons. The SMILES string of the molecule is N#CCC(N)COc1cccc(Cl)c1. The van der Waals surface area contributed by atoms with Crippen molar-refractivity contribution in [3.63, 3.8) is 0 Å². The predicted octanol–water partition coefficient (Wildman–Crippen LogP) is 1.96. The van der Waals surface area contributed by atoms with E-state index in [1.165, 1.54) is 0 Å². The van der Waals surface area contributed by atoms with Crippen LogP contribution in [0, 0.1) is 11.3 Å². The van der Waals surface area contributed by atoms with Gasteiger partial charge in [-0.1, -0.05) is 17.7 Å². The highest BCUT2D eigenvalue weighted by Gasteiger charge is 2.02. The van der Waals surface area contributed by atoms with Gasteiger partial charge in [0.05, 0.1) is 18.5 Å². The molecule has 0 aromatic heterocycles. The summed E-state index contributed by atoms with van der Waals surface area (Å²) in [6, 6.07) is 8.81. The van der Waals surface area contributed by atoms with E-state index in [-0.39, 0.29) is 6.04 Å². The first kappa shape index (κ1) is 10.8. The van der Waals surface area contributed by atoms with E-state index < -0.39 is 0 Å². The average Bonchev–Trinajstić information content (AvgIpc) is 2.15. The summed E-state index contributed by atoms with van der Waals surface area (Å²) in [7, 11) is 0.